The molecule has 14 heteroatoms. The zero-order chi connectivity index (χ0) is 28.1. The van der Waals surface area contributed by atoms with E-state index in [2.05, 4.69) is 16.0 Å². The van der Waals surface area contributed by atoms with Gasteiger partial charge in [0.05, 0.1) is 12.1 Å². The minimum Gasteiger partial charge on any atom is -0.508 e. The van der Waals surface area contributed by atoms with Crippen LogP contribution >= 0.6 is 11.8 Å². The fourth-order valence-corrected chi connectivity index (χ4v) is 3.67. The highest BCUT2D eigenvalue weighted by Gasteiger charge is 2.32. The Morgan fingerprint density at radius 3 is 2.05 bits per heavy atom. The second-order valence-corrected chi connectivity index (χ2v) is 9.44. The fourth-order valence-electron chi connectivity index (χ4n) is 3.20. The molecule has 1 rings (SSSR count). The molecular weight excluding hydrogens is 506 g/mol. The number of carbonyl (C=O) groups excluding carboxylic acids is 4. The molecule has 13 nitrogen and oxygen atoms in total. The van der Waals surface area contributed by atoms with Gasteiger partial charge in [-0.3, -0.25) is 19.2 Å². The van der Waals surface area contributed by atoms with E-state index in [0.717, 1.165) is 0 Å². The van der Waals surface area contributed by atoms with Crippen LogP contribution < -0.4 is 27.4 Å². The number of aliphatic hydroxyl groups is 1. The number of phenolic OH excluding ortho intramolecular Hbond substituents is 1. The molecule has 0 radical (unpaired) electrons. The number of carboxylic acids is 1. The predicted octanol–water partition coefficient (Wildman–Crippen LogP) is -1.80. The second-order valence-electron chi connectivity index (χ2n) is 8.45. The van der Waals surface area contributed by atoms with E-state index in [-0.39, 0.29) is 31.4 Å². The molecule has 0 bridgehead atoms. The molecular formula is C23H35N5O8S. The molecule has 206 valence electrons. The quantitative estimate of drug-likeness (QED) is 0.117. The lowest BCUT2D eigenvalue weighted by Gasteiger charge is -2.26. The number of nitrogens with one attached hydrogen (secondary N) is 3. The molecule has 0 spiro atoms. The Hall–Kier alpha value is -3.36. The average Bonchev–Trinajstić information content (AvgIpc) is 2.83. The van der Waals surface area contributed by atoms with Crippen LogP contribution in [0, 0.1) is 0 Å². The number of primary amides is 1. The summed E-state index contributed by atoms with van der Waals surface area (Å²) in [6.07, 6.45) is 0.240. The number of aromatic hydroxyl groups is 1. The van der Waals surface area contributed by atoms with Gasteiger partial charge in [-0.25, -0.2) is 4.79 Å². The summed E-state index contributed by atoms with van der Waals surface area (Å²) in [5, 5.41) is 36.3. The van der Waals surface area contributed by atoms with Gasteiger partial charge >= 0.3 is 5.97 Å². The number of amides is 4. The standard InChI is InChI=1S/C23H35N5O8S/c1-12(29)19(28-20(32)15(24)7-8-18(25)31)22(34)27-17(11-13-3-5-14(30)6-4-13)21(33)26-16(23(35)36)9-10-37-2/h3-6,12,15-17,19,29-30H,7-11,24H2,1-2H3,(H2,25,31)(H,26,33)(H,27,34)(H,28,32)(H,35,36). The van der Waals surface area contributed by atoms with Crippen molar-refractivity contribution in [2.45, 2.75) is 62.9 Å². The Balaban J connectivity index is 3.08. The first kappa shape index (κ1) is 31.7. The van der Waals surface area contributed by atoms with Crippen LogP contribution in [0.4, 0.5) is 0 Å². The van der Waals surface area contributed by atoms with Crippen molar-refractivity contribution in [2.24, 2.45) is 11.5 Å². The van der Waals surface area contributed by atoms with Gasteiger partial charge in [0.15, 0.2) is 0 Å². The van der Waals surface area contributed by atoms with Crippen LogP contribution in [-0.4, -0.2) is 87.2 Å². The minimum atomic E-state index is -1.51. The summed E-state index contributed by atoms with van der Waals surface area (Å²) in [5.74, 6) is -3.96. The third kappa shape index (κ3) is 11.5. The molecule has 10 N–H and O–H groups in total. The summed E-state index contributed by atoms with van der Waals surface area (Å²) < 4.78 is 0. The molecule has 0 saturated carbocycles. The lowest BCUT2D eigenvalue weighted by molar-refractivity contribution is -0.142. The maximum absolute atomic E-state index is 13.0. The molecule has 0 heterocycles. The summed E-state index contributed by atoms with van der Waals surface area (Å²) >= 11 is 1.41. The molecule has 0 aliphatic heterocycles. The number of thioether (sulfide) groups is 1. The predicted molar refractivity (Wildman–Crippen MR) is 136 cm³/mol. The van der Waals surface area contributed by atoms with Gasteiger partial charge in [0.1, 0.15) is 23.9 Å². The molecule has 1 aromatic carbocycles. The molecule has 4 amide bonds. The van der Waals surface area contributed by atoms with Crippen molar-refractivity contribution < 1.29 is 39.3 Å². The number of aliphatic hydroxyl groups excluding tert-OH is 1. The Bertz CT molecular complexity index is 944. The number of nitrogens with two attached hydrogens (primary N) is 2. The van der Waals surface area contributed by atoms with Gasteiger partial charge in [-0.1, -0.05) is 12.1 Å². The van der Waals surface area contributed by atoms with Crippen molar-refractivity contribution in [3.8, 4) is 5.75 Å². The van der Waals surface area contributed by atoms with Crippen LogP contribution in [0.3, 0.4) is 0 Å². The van der Waals surface area contributed by atoms with E-state index < -0.39 is 59.9 Å². The number of aliphatic carboxylic acids is 1. The molecule has 0 saturated heterocycles. The monoisotopic (exact) mass is 541 g/mol. The number of phenols is 1. The highest BCUT2D eigenvalue weighted by Crippen LogP contribution is 2.12. The van der Waals surface area contributed by atoms with Crippen molar-refractivity contribution in [3.63, 3.8) is 0 Å². The number of benzene rings is 1. The van der Waals surface area contributed by atoms with Gasteiger partial charge in [0, 0.05) is 12.8 Å². The summed E-state index contributed by atoms with van der Waals surface area (Å²) in [5.41, 5.74) is 11.3. The van der Waals surface area contributed by atoms with E-state index in [1.54, 1.807) is 6.26 Å². The highest BCUT2D eigenvalue weighted by atomic mass is 32.2. The fraction of sp³-hybridized carbons (Fsp3) is 0.522. The smallest absolute Gasteiger partial charge is 0.326 e. The van der Waals surface area contributed by atoms with E-state index in [0.29, 0.717) is 11.3 Å². The van der Waals surface area contributed by atoms with Crippen molar-refractivity contribution in [1.82, 2.24) is 16.0 Å². The van der Waals surface area contributed by atoms with Gasteiger partial charge in [0.25, 0.3) is 0 Å². The topological polar surface area (TPSA) is 234 Å². The second kappa shape index (κ2) is 15.7. The number of rotatable bonds is 16. The summed E-state index contributed by atoms with van der Waals surface area (Å²) in [4.78, 5) is 61.0. The lowest BCUT2D eigenvalue weighted by atomic mass is 10.0. The molecule has 1 aromatic rings. The van der Waals surface area contributed by atoms with Crippen LogP contribution in [0.25, 0.3) is 0 Å². The van der Waals surface area contributed by atoms with Crippen molar-refractivity contribution in [1.29, 1.82) is 0 Å². The Morgan fingerprint density at radius 2 is 1.54 bits per heavy atom. The van der Waals surface area contributed by atoms with Crippen LogP contribution in [0.15, 0.2) is 24.3 Å². The van der Waals surface area contributed by atoms with Crippen molar-refractivity contribution in [3.05, 3.63) is 29.8 Å². The maximum atomic E-state index is 13.0. The lowest BCUT2D eigenvalue weighted by Crippen LogP contribution is -2.60. The third-order valence-corrected chi connectivity index (χ3v) is 5.98. The number of carboxylic acid groups (broad SMARTS) is 1. The third-order valence-electron chi connectivity index (χ3n) is 5.34. The molecule has 0 aliphatic carbocycles. The van der Waals surface area contributed by atoms with Gasteiger partial charge in [0.2, 0.25) is 23.6 Å². The molecule has 0 fully saturated rings. The van der Waals surface area contributed by atoms with Crippen LogP contribution in [0.5, 0.6) is 5.75 Å². The summed E-state index contributed by atoms with van der Waals surface area (Å²) in [7, 11) is 0. The number of carbonyl (C=O) groups is 5. The van der Waals surface area contributed by atoms with Gasteiger partial charge in [-0.15, -0.1) is 0 Å². The normalized spacial score (nSPS) is 14.9. The van der Waals surface area contributed by atoms with E-state index in [1.165, 1.54) is 43.0 Å². The highest BCUT2D eigenvalue weighted by molar-refractivity contribution is 7.98. The molecule has 0 aromatic heterocycles. The van der Waals surface area contributed by atoms with E-state index in [1.807, 2.05) is 0 Å². The first-order valence-electron chi connectivity index (χ1n) is 11.5. The largest absolute Gasteiger partial charge is 0.508 e. The van der Waals surface area contributed by atoms with Crippen LogP contribution in [0.1, 0.15) is 31.7 Å². The summed E-state index contributed by atoms with van der Waals surface area (Å²) in [6, 6.07) is 0.656. The zero-order valence-electron chi connectivity index (χ0n) is 20.7. The van der Waals surface area contributed by atoms with Gasteiger partial charge in [-0.05, 0) is 49.5 Å². The zero-order valence-corrected chi connectivity index (χ0v) is 21.5. The Labute approximate surface area is 218 Å². The number of hydrogen-bond acceptors (Lipinski definition) is 9. The van der Waals surface area contributed by atoms with Gasteiger partial charge < -0.3 is 42.7 Å². The molecule has 0 aliphatic rings. The van der Waals surface area contributed by atoms with Crippen molar-refractivity contribution in [2.75, 3.05) is 12.0 Å². The Kier molecular flexibility index (Phi) is 13.4. The molecule has 37 heavy (non-hydrogen) atoms. The van der Waals surface area contributed by atoms with E-state index in [9.17, 15) is 39.3 Å². The van der Waals surface area contributed by atoms with Crippen LogP contribution in [-0.2, 0) is 30.4 Å². The first-order chi connectivity index (χ1) is 17.3. The van der Waals surface area contributed by atoms with Crippen molar-refractivity contribution >= 4 is 41.4 Å². The maximum Gasteiger partial charge on any atom is 0.326 e. The molecule has 5 atom stereocenters. The van der Waals surface area contributed by atoms with E-state index >= 15 is 0 Å². The first-order valence-corrected chi connectivity index (χ1v) is 12.9. The SMILES string of the molecule is CSCCC(NC(=O)C(Cc1ccc(O)cc1)NC(=O)C(NC(=O)C(N)CCC(N)=O)C(C)O)C(=O)O. The Morgan fingerprint density at radius 1 is 0.946 bits per heavy atom. The average molecular weight is 542 g/mol. The van der Waals surface area contributed by atoms with Gasteiger partial charge in [-0.2, -0.15) is 11.8 Å². The molecule has 5 unspecified atom stereocenters. The minimum absolute atomic E-state index is 0.0126. The van der Waals surface area contributed by atoms with Crippen LogP contribution in [0.2, 0.25) is 0 Å². The number of hydrogen-bond donors (Lipinski definition) is 8. The summed E-state index contributed by atoms with van der Waals surface area (Å²) in [6.45, 7) is 1.25. The van der Waals surface area contributed by atoms with E-state index in [4.69, 9.17) is 11.5 Å².